The Kier molecular flexibility index (Phi) is 4.36. The van der Waals surface area contributed by atoms with E-state index in [1.807, 2.05) is 12.2 Å². The summed E-state index contributed by atoms with van der Waals surface area (Å²) in [6.07, 6.45) is 0. The molecule has 1 amide bonds. The summed E-state index contributed by atoms with van der Waals surface area (Å²) in [5.41, 5.74) is -0.712. The summed E-state index contributed by atoms with van der Waals surface area (Å²) in [7, 11) is 0. The largest absolute Gasteiger partial charge is 0.369 e. The Bertz CT molecular complexity index is 661. The lowest BCUT2D eigenvalue weighted by Crippen LogP contribution is -2.16. The van der Waals surface area contributed by atoms with Crippen LogP contribution in [0.3, 0.4) is 0 Å². The molecule has 1 aromatic heterocycles. The molecule has 0 bridgehead atoms. The smallest absolute Gasteiger partial charge is 0.276 e. The summed E-state index contributed by atoms with van der Waals surface area (Å²) in [6, 6.07) is 3.93. The van der Waals surface area contributed by atoms with Crippen LogP contribution in [0, 0.1) is 17.5 Å². The molecule has 1 heterocycles. The lowest BCUT2D eigenvalue weighted by atomic mass is 10.2. The molecule has 2 aromatic rings. The van der Waals surface area contributed by atoms with Crippen LogP contribution in [0.1, 0.15) is 17.4 Å². The average molecular weight is 296 g/mol. The third kappa shape index (κ3) is 3.47. The predicted molar refractivity (Wildman–Crippen MR) is 70.5 cm³/mol. The van der Waals surface area contributed by atoms with E-state index in [4.69, 9.17) is 0 Å². The van der Waals surface area contributed by atoms with E-state index in [1.165, 1.54) is 12.1 Å². The van der Waals surface area contributed by atoms with E-state index in [-0.39, 0.29) is 5.69 Å². The highest BCUT2D eigenvalue weighted by Gasteiger charge is 2.15. The Hall–Kier alpha value is -2.64. The molecule has 8 heteroatoms. The van der Waals surface area contributed by atoms with Gasteiger partial charge in [0.15, 0.2) is 17.3 Å². The maximum absolute atomic E-state index is 13.4. The van der Waals surface area contributed by atoms with Crippen molar-refractivity contribution in [3.63, 3.8) is 0 Å². The van der Waals surface area contributed by atoms with Gasteiger partial charge in [-0.05, 0) is 19.1 Å². The number of nitrogens with zero attached hydrogens (tertiary/aromatic N) is 2. The Balaban J connectivity index is 2.18. The van der Waals surface area contributed by atoms with E-state index in [0.29, 0.717) is 24.5 Å². The number of carbonyl (C=O) groups is 1. The summed E-state index contributed by atoms with van der Waals surface area (Å²) in [4.78, 5) is 11.8. The van der Waals surface area contributed by atoms with E-state index < -0.39 is 29.0 Å². The lowest BCUT2D eigenvalue weighted by Gasteiger charge is -2.07. The number of hydrogen-bond acceptors (Lipinski definition) is 4. The van der Waals surface area contributed by atoms with E-state index in [1.54, 1.807) is 0 Å². The van der Waals surface area contributed by atoms with Gasteiger partial charge in [-0.2, -0.15) is 0 Å². The van der Waals surface area contributed by atoms with Crippen LogP contribution in [-0.2, 0) is 0 Å². The third-order valence-corrected chi connectivity index (χ3v) is 2.50. The number of anilines is 2. The maximum atomic E-state index is 13.4. The zero-order valence-corrected chi connectivity index (χ0v) is 11.0. The molecule has 0 unspecified atom stereocenters. The minimum atomic E-state index is -1.39. The van der Waals surface area contributed by atoms with Crippen LogP contribution in [0.25, 0.3) is 0 Å². The van der Waals surface area contributed by atoms with Crippen LogP contribution in [0.4, 0.5) is 24.7 Å². The fourth-order valence-corrected chi connectivity index (χ4v) is 1.56. The molecular weight excluding hydrogens is 285 g/mol. The molecule has 0 saturated carbocycles. The van der Waals surface area contributed by atoms with Gasteiger partial charge < -0.3 is 10.6 Å². The molecule has 2 rings (SSSR count). The normalized spacial score (nSPS) is 10.3. The van der Waals surface area contributed by atoms with Crippen LogP contribution in [-0.4, -0.2) is 22.6 Å². The minimum Gasteiger partial charge on any atom is -0.369 e. The highest BCUT2D eigenvalue weighted by Crippen LogP contribution is 2.19. The first-order chi connectivity index (χ1) is 10.0. The van der Waals surface area contributed by atoms with Gasteiger partial charge in [0.1, 0.15) is 11.6 Å². The van der Waals surface area contributed by atoms with Crippen LogP contribution >= 0.6 is 0 Å². The quantitative estimate of drug-likeness (QED) is 0.851. The highest BCUT2D eigenvalue weighted by molar-refractivity contribution is 6.02. The predicted octanol–water partition coefficient (Wildman–Crippen LogP) is 2.58. The molecular formula is C13H11F3N4O. The first kappa shape index (κ1) is 14.8. The van der Waals surface area contributed by atoms with Crippen molar-refractivity contribution >= 4 is 17.4 Å². The number of amides is 1. The van der Waals surface area contributed by atoms with E-state index in [9.17, 15) is 18.0 Å². The fraction of sp³-hybridized carbons (Fsp3) is 0.154. The SMILES string of the molecule is CCNc1ccc(C(=O)Nc2cc(F)cc(F)c2F)nn1. The Morgan fingerprint density at radius 1 is 1.19 bits per heavy atom. The molecule has 2 N–H and O–H groups in total. The summed E-state index contributed by atoms with van der Waals surface area (Å²) in [5.74, 6) is -4.09. The zero-order chi connectivity index (χ0) is 15.4. The Labute approximate surface area is 118 Å². The second-order valence-electron chi connectivity index (χ2n) is 4.04. The fourth-order valence-electron chi connectivity index (χ4n) is 1.56. The van der Waals surface area contributed by atoms with Crippen molar-refractivity contribution in [2.75, 3.05) is 17.2 Å². The summed E-state index contributed by atoms with van der Waals surface area (Å²) < 4.78 is 39.5. The van der Waals surface area contributed by atoms with Gasteiger partial charge in [-0.25, -0.2) is 13.2 Å². The van der Waals surface area contributed by atoms with Gasteiger partial charge in [-0.15, -0.1) is 10.2 Å². The van der Waals surface area contributed by atoms with Gasteiger partial charge in [0.2, 0.25) is 0 Å². The molecule has 5 nitrogen and oxygen atoms in total. The number of hydrogen-bond donors (Lipinski definition) is 2. The van der Waals surface area contributed by atoms with Crippen molar-refractivity contribution in [3.8, 4) is 0 Å². The van der Waals surface area contributed by atoms with Gasteiger partial charge >= 0.3 is 0 Å². The van der Waals surface area contributed by atoms with Crippen molar-refractivity contribution in [2.24, 2.45) is 0 Å². The third-order valence-electron chi connectivity index (χ3n) is 2.50. The number of nitrogens with one attached hydrogen (secondary N) is 2. The lowest BCUT2D eigenvalue weighted by molar-refractivity contribution is 0.102. The molecule has 0 aliphatic heterocycles. The molecule has 0 fully saturated rings. The number of halogens is 3. The average Bonchev–Trinajstić information content (AvgIpc) is 2.45. The number of carbonyl (C=O) groups excluding carboxylic acids is 1. The monoisotopic (exact) mass is 296 g/mol. The van der Waals surface area contributed by atoms with Crippen LogP contribution in [0.2, 0.25) is 0 Å². The summed E-state index contributed by atoms with van der Waals surface area (Å²) in [5, 5.41) is 12.3. The highest BCUT2D eigenvalue weighted by atomic mass is 19.2. The maximum Gasteiger partial charge on any atom is 0.276 e. The topological polar surface area (TPSA) is 66.9 Å². The molecule has 21 heavy (non-hydrogen) atoms. The van der Waals surface area contributed by atoms with Crippen LogP contribution in [0.15, 0.2) is 24.3 Å². The van der Waals surface area contributed by atoms with Crippen molar-refractivity contribution in [1.29, 1.82) is 0 Å². The Morgan fingerprint density at radius 2 is 1.95 bits per heavy atom. The van der Waals surface area contributed by atoms with Crippen LogP contribution < -0.4 is 10.6 Å². The van der Waals surface area contributed by atoms with E-state index in [2.05, 4.69) is 15.5 Å². The first-order valence-electron chi connectivity index (χ1n) is 6.04. The first-order valence-corrected chi connectivity index (χ1v) is 6.04. The van der Waals surface area contributed by atoms with Crippen molar-refractivity contribution < 1.29 is 18.0 Å². The van der Waals surface area contributed by atoms with Gasteiger partial charge in [-0.3, -0.25) is 4.79 Å². The van der Waals surface area contributed by atoms with Gasteiger partial charge in [0.25, 0.3) is 5.91 Å². The van der Waals surface area contributed by atoms with Crippen LogP contribution in [0.5, 0.6) is 0 Å². The molecule has 110 valence electrons. The van der Waals surface area contributed by atoms with Crippen molar-refractivity contribution in [3.05, 3.63) is 47.4 Å². The van der Waals surface area contributed by atoms with Crippen molar-refractivity contribution in [1.82, 2.24) is 10.2 Å². The number of benzene rings is 1. The Morgan fingerprint density at radius 3 is 2.57 bits per heavy atom. The molecule has 0 atom stereocenters. The van der Waals surface area contributed by atoms with Gasteiger partial charge in [0.05, 0.1) is 5.69 Å². The molecule has 0 aliphatic carbocycles. The second-order valence-corrected chi connectivity index (χ2v) is 4.04. The molecule has 0 saturated heterocycles. The van der Waals surface area contributed by atoms with Gasteiger partial charge in [-0.1, -0.05) is 0 Å². The standard InChI is InChI=1S/C13H11F3N4O/c1-2-17-11-4-3-9(19-20-11)13(21)18-10-6-7(14)5-8(15)12(10)16/h3-6H,2H2,1H3,(H,17,20)(H,18,21). The minimum absolute atomic E-state index is 0.110. The second kappa shape index (κ2) is 6.21. The van der Waals surface area contributed by atoms with E-state index in [0.717, 1.165) is 0 Å². The van der Waals surface area contributed by atoms with Gasteiger partial charge in [0, 0.05) is 18.7 Å². The number of aromatic nitrogens is 2. The number of rotatable bonds is 4. The molecule has 1 aromatic carbocycles. The molecule has 0 spiro atoms. The molecule has 0 aliphatic rings. The van der Waals surface area contributed by atoms with E-state index >= 15 is 0 Å². The summed E-state index contributed by atoms with van der Waals surface area (Å²) >= 11 is 0. The zero-order valence-electron chi connectivity index (χ0n) is 11.0. The van der Waals surface area contributed by atoms with Crippen molar-refractivity contribution in [2.45, 2.75) is 6.92 Å². The summed E-state index contributed by atoms with van der Waals surface area (Å²) in [6.45, 7) is 2.50. The molecule has 0 radical (unpaired) electrons.